The van der Waals surface area contributed by atoms with E-state index in [1.807, 2.05) is 0 Å². The lowest BCUT2D eigenvalue weighted by Crippen LogP contribution is -2.33. The third kappa shape index (κ3) is 6.75. The molecule has 214 valence electrons. The van der Waals surface area contributed by atoms with Gasteiger partial charge in [-0.05, 0) is 96.4 Å². The van der Waals surface area contributed by atoms with Gasteiger partial charge in [0.05, 0.1) is 12.9 Å². The molecule has 1 aliphatic heterocycles. The Balaban J connectivity index is 1.50. The van der Waals surface area contributed by atoms with Gasteiger partial charge in [-0.1, -0.05) is 30.7 Å². The van der Waals surface area contributed by atoms with E-state index in [9.17, 15) is 22.7 Å². The maximum Gasteiger partial charge on any atom is 0.306 e. The van der Waals surface area contributed by atoms with Gasteiger partial charge in [0.15, 0.2) is 5.78 Å². The summed E-state index contributed by atoms with van der Waals surface area (Å²) in [4.78, 5) is 16.4. The molecule has 5 rings (SSSR count). The van der Waals surface area contributed by atoms with Gasteiger partial charge in [-0.2, -0.15) is 8.42 Å². The fourth-order valence-corrected chi connectivity index (χ4v) is 5.75. The molecule has 0 spiro atoms. The number of ether oxygens (including phenoxy) is 1. The number of piperidine rings is 1. The highest BCUT2D eigenvalue weighted by Crippen LogP contribution is 2.36. The summed E-state index contributed by atoms with van der Waals surface area (Å²) in [6, 6.07) is 19.4. The molecule has 0 aliphatic carbocycles. The van der Waals surface area contributed by atoms with Crippen molar-refractivity contribution >= 4 is 26.7 Å². The van der Waals surface area contributed by atoms with E-state index < -0.39 is 22.5 Å². The number of aliphatic hydroxyl groups excluding tert-OH is 1. The Morgan fingerprint density at radius 2 is 1.66 bits per heavy atom. The van der Waals surface area contributed by atoms with E-state index in [-0.39, 0.29) is 17.1 Å². The highest BCUT2D eigenvalue weighted by atomic mass is 32.2. The predicted octanol–water partition coefficient (Wildman–Crippen LogP) is 5.57. The van der Waals surface area contributed by atoms with Crippen molar-refractivity contribution in [2.45, 2.75) is 25.9 Å². The molecule has 0 radical (unpaired) electrons. The zero-order valence-corrected chi connectivity index (χ0v) is 23.6. The summed E-state index contributed by atoms with van der Waals surface area (Å²) in [7, 11) is -3.75. The normalized spacial score (nSPS) is 14.2. The summed E-state index contributed by atoms with van der Waals surface area (Å²) >= 11 is 0. The number of likely N-dealkylation sites (tertiary alicyclic amines) is 1. The molecule has 0 aromatic heterocycles. The van der Waals surface area contributed by atoms with Crippen LogP contribution in [0.2, 0.25) is 0 Å². The van der Waals surface area contributed by atoms with Crippen molar-refractivity contribution in [2.75, 3.05) is 32.5 Å². The van der Waals surface area contributed by atoms with E-state index in [0.717, 1.165) is 25.9 Å². The third-order valence-electron chi connectivity index (χ3n) is 7.27. The summed E-state index contributed by atoms with van der Waals surface area (Å²) in [5, 5.41) is 11.0. The van der Waals surface area contributed by atoms with Crippen LogP contribution >= 0.6 is 0 Å². The number of nitrogens with zero attached hydrogens (tertiary/aromatic N) is 1. The first-order valence-electron chi connectivity index (χ1n) is 13.6. The van der Waals surface area contributed by atoms with Gasteiger partial charge in [0, 0.05) is 23.2 Å². The Hall–Kier alpha value is -3.79. The summed E-state index contributed by atoms with van der Waals surface area (Å²) < 4.78 is 48.9. The van der Waals surface area contributed by atoms with Crippen LogP contribution < -0.4 is 8.92 Å². The van der Waals surface area contributed by atoms with Crippen molar-refractivity contribution < 1.29 is 31.6 Å². The van der Waals surface area contributed by atoms with Crippen LogP contribution in [0.15, 0.2) is 72.8 Å². The van der Waals surface area contributed by atoms with Crippen molar-refractivity contribution in [2.24, 2.45) is 0 Å². The Morgan fingerprint density at radius 1 is 0.927 bits per heavy atom. The maximum absolute atomic E-state index is 14.6. The van der Waals surface area contributed by atoms with Crippen molar-refractivity contribution in [3.8, 4) is 22.6 Å². The minimum absolute atomic E-state index is 0.0791. The highest BCUT2D eigenvalue weighted by Gasteiger charge is 2.22. The number of halogens is 1. The number of carbonyl (C=O) groups is 1. The summed E-state index contributed by atoms with van der Waals surface area (Å²) in [5.74, 6) is -0.118. The topological polar surface area (TPSA) is 93.1 Å². The summed E-state index contributed by atoms with van der Waals surface area (Å²) in [6.45, 7) is 3.05. The molecule has 9 heteroatoms. The van der Waals surface area contributed by atoms with E-state index in [2.05, 4.69) is 4.90 Å². The Bertz CT molecular complexity index is 1660. The van der Waals surface area contributed by atoms with Gasteiger partial charge < -0.3 is 14.0 Å². The van der Waals surface area contributed by atoms with Crippen molar-refractivity contribution in [3.05, 3.63) is 95.3 Å². The predicted molar refractivity (Wildman–Crippen MR) is 156 cm³/mol. The molecule has 1 heterocycles. The largest absolute Gasteiger partial charge is 0.492 e. The Labute approximate surface area is 239 Å². The fourth-order valence-electron chi connectivity index (χ4n) is 5.30. The van der Waals surface area contributed by atoms with E-state index >= 15 is 0 Å². The molecule has 1 N–H and O–H groups in total. The summed E-state index contributed by atoms with van der Waals surface area (Å²) in [5.41, 5.74) is 1.62. The smallest absolute Gasteiger partial charge is 0.306 e. The second-order valence-corrected chi connectivity index (χ2v) is 11.8. The average molecular weight is 578 g/mol. The Kier molecular flexibility index (Phi) is 8.68. The molecule has 0 unspecified atom stereocenters. The molecule has 7 nitrogen and oxygen atoms in total. The minimum atomic E-state index is -3.75. The molecule has 1 saturated heterocycles. The quantitative estimate of drug-likeness (QED) is 0.195. The number of ketones is 1. The summed E-state index contributed by atoms with van der Waals surface area (Å²) in [6.07, 6.45) is 4.67. The van der Waals surface area contributed by atoms with E-state index in [0.29, 0.717) is 45.4 Å². The lowest BCUT2D eigenvalue weighted by atomic mass is 9.87. The average Bonchev–Trinajstić information content (AvgIpc) is 2.96. The zero-order valence-electron chi connectivity index (χ0n) is 22.8. The Morgan fingerprint density at radius 3 is 2.37 bits per heavy atom. The molecular weight excluding hydrogens is 545 g/mol. The first-order chi connectivity index (χ1) is 19.7. The van der Waals surface area contributed by atoms with Crippen LogP contribution in [0.3, 0.4) is 0 Å². The maximum atomic E-state index is 14.6. The van der Waals surface area contributed by atoms with E-state index in [1.165, 1.54) is 43.5 Å². The molecular formula is C32H32FNO6S. The molecule has 4 aromatic rings. The molecule has 0 amide bonds. The monoisotopic (exact) mass is 577 g/mol. The van der Waals surface area contributed by atoms with Crippen LogP contribution in [-0.4, -0.2) is 56.7 Å². The van der Waals surface area contributed by atoms with Crippen molar-refractivity contribution in [1.29, 1.82) is 0 Å². The van der Waals surface area contributed by atoms with Gasteiger partial charge in [-0.15, -0.1) is 0 Å². The first kappa shape index (κ1) is 28.7. The van der Waals surface area contributed by atoms with Crippen LogP contribution in [0.5, 0.6) is 11.5 Å². The van der Waals surface area contributed by atoms with Gasteiger partial charge in [0.25, 0.3) is 0 Å². The van der Waals surface area contributed by atoms with Crippen molar-refractivity contribution in [3.63, 3.8) is 0 Å². The van der Waals surface area contributed by atoms with Gasteiger partial charge >= 0.3 is 10.1 Å². The molecule has 1 fully saturated rings. The number of aliphatic hydroxyl groups is 1. The zero-order chi connectivity index (χ0) is 29.0. The van der Waals surface area contributed by atoms with Gasteiger partial charge in [0.2, 0.25) is 0 Å². The number of carbonyl (C=O) groups excluding carboxylic acids is 1. The second kappa shape index (κ2) is 12.4. The van der Waals surface area contributed by atoms with Crippen LogP contribution in [0.1, 0.15) is 40.7 Å². The lowest BCUT2D eigenvalue weighted by Gasteiger charge is -2.26. The van der Waals surface area contributed by atoms with Crippen LogP contribution in [0.25, 0.3) is 21.9 Å². The second-order valence-electron chi connectivity index (χ2n) is 10.2. The van der Waals surface area contributed by atoms with Crippen LogP contribution in [-0.2, 0) is 16.7 Å². The molecule has 0 bridgehead atoms. The number of rotatable bonds is 10. The third-order valence-corrected chi connectivity index (χ3v) is 7.77. The molecule has 1 aliphatic rings. The van der Waals surface area contributed by atoms with Crippen molar-refractivity contribution in [1.82, 2.24) is 4.90 Å². The number of benzene rings is 4. The molecule has 4 aromatic carbocycles. The number of fused-ring (bicyclic) bond motifs is 1. The molecule has 41 heavy (non-hydrogen) atoms. The molecule has 0 atom stereocenters. The fraction of sp³-hybridized carbons (Fsp3) is 0.281. The van der Waals surface area contributed by atoms with E-state index in [4.69, 9.17) is 8.92 Å². The van der Waals surface area contributed by atoms with Crippen LogP contribution in [0, 0.1) is 5.82 Å². The lowest BCUT2D eigenvalue weighted by molar-refractivity contribution is 0.104. The highest BCUT2D eigenvalue weighted by molar-refractivity contribution is 7.86. The SMILES string of the molecule is CS(=O)(=O)Oc1ccc2c(C(=O)c3ccc(OCCN4CCCCC4)cc3)c(-c3cccc(F)c3CO)ccc2c1. The number of hydrogen-bond acceptors (Lipinski definition) is 7. The van der Waals surface area contributed by atoms with Crippen LogP contribution in [0.4, 0.5) is 4.39 Å². The standard InChI is InChI=1S/C32H32FNO6S/c1-41(37,38)40-25-13-15-26-23(20-25)10-14-28(27-6-5-7-30(33)29(27)21-35)31(26)32(36)22-8-11-24(12-9-22)39-19-18-34-16-3-2-4-17-34/h5-15,20,35H,2-4,16-19,21H2,1H3. The van der Waals surface area contributed by atoms with Gasteiger partial charge in [-0.25, -0.2) is 4.39 Å². The molecule has 0 saturated carbocycles. The van der Waals surface area contributed by atoms with Gasteiger partial charge in [0.1, 0.15) is 23.9 Å². The first-order valence-corrected chi connectivity index (χ1v) is 15.4. The van der Waals surface area contributed by atoms with Gasteiger partial charge in [-0.3, -0.25) is 9.69 Å². The number of hydrogen-bond donors (Lipinski definition) is 1. The minimum Gasteiger partial charge on any atom is -0.492 e. The van der Waals surface area contributed by atoms with E-state index in [1.54, 1.807) is 48.5 Å².